The van der Waals surface area contributed by atoms with E-state index >= 15 is 0 Å². The highest BCUT2D eigenvalue weighted by Crippen LogP contribution is 2.31. The molecule has 0 aromatic heterocycles. The molecule has 6 heteroatoms. The lowest BCUT2D eigenvalue weighted by molar-refractivity contribution is -0.147. The molecule has 32 heavy (non-hydrogen) atoms. The number of benzene rings is 3. The van der Waals surface area contributed by atoms with Crippen LogP contribution in [0.5, 0.6) is 23.0 Å². The molecule has 3 aromatic rings. The molecule has 6 nitrogen and oxygen atoms in total. The van der Waals surface area contributed by atoms with Gasteiger partial charge in [0.2, 0.25) is 0 Å². The van der Waals surface area contributed by atoms with E-state index in [1.54, 1.807) is 0 Å². The van der Waals surface area contributed by atoms with Crippen LogP contribution in [0.3, 0.4) is 0 Å². The summed E-state index contributed by atoms with van der Waals surface area (Å²) in [5.74, 6) is 2.24. The molecular formula is C26H23NO5. The van der Waals surface area contributed by atoms with Crippen molar-refractivity contribution in [1.29, 1.82) is 5.26 Å². The van der Waals surface area contributed by atoms with Crippen LogP contribution in [0, 0.1) is 17.2 Å². The molecule has 1 aliphatic heterocycles. The smallest absolute Gasteiger partial charge is 0.310 e. The van der Waals surface area contributed by atoms with Gasteiger partial charge >= 0.3 is 5.97 Å². The number of nitrogens with zero attached hydrogens (tertiary/aromatic N) is 1. The summed E-state index contributed by atoms with van der Waals surface area (Å²) in [6, 6.07) is 24.9. The number of hydrogen-bond acceptors (Lipinski definition) is 6. The number of rotatable bonds is 7. The van der Waals surface area contributed by atoms with E-state index in [9.17, 15) is 4.79 Å². The maximum atomic E-state index is 12.1. The van der Waals surface area contributed by atoms with E-state index < -0.39 is 0 Å². The van der Waals surface area contributed by atoms with E-state index in [4.69, 9.17) is 24.2 Å². The molecule has 0 N–H and O–H groups in total. The largest absolute Gasteiger partial charge is 0.493 e. The molecule has 0 fully saturated rings. The van der Waals surface area contributed by atoms with Gasteiger partial charge in [0, 0.05) is 6.07 Å². The first-order chi connectivity index (χ1) is 15.7. The van der Waals surface area contributed by atoms with E-state index in [0.29, 0.717) is 37.6 Å². The third kappa shape index (κ3) is 5.58. The Morgan fingerprint density at radius 3 is 2.69 bits per heavy atom. The fourth-order valence-electron chi connectivity index (χ4n) is 3.52. The van der Waals surface area contributed by atoms with Crippen molar-refractivity contribution in [3.8, 4) is 29.1 Å². The zero-order valence-corrected chi connectivity index (χ0v) is 17.5. The SMILES string of the molecule is N#CCOC(=O)C1CCOc2cc(OCc3cccc(Oc4ccccc4)c3)ccc2C1. The Balaban J connectivity index is 1.38. The number of esters is 1. The highest BCUT2D eigenvalue weighted by Gasteiger charge is 2.25. The molecule has 0 spiro atoms. The number of hydrogen-bond donors (Lipinski definition) is 0. The Labute approximate surface area is 186 Å². The molecule has 0 saturated carbocycles. The van der Waals surface area contributed by atoms with Crippen LogP contribution in [0.25, 0.3) is 0 Å². The third-order valence-electron chi connectivity index (χ3n) is 5.12. The minimum absolute atomic E-state index is 0.229. The summed E-state index contributed by atoms with van der Waals surface area (Å²) in [5.41, 5.74) is 1.90. The zero-order valence-electron chi connectivity index (χ0n) is 17.5. The van der Waals surface area contributed by atoms with Gasteiger partial charge in [-0.2, -0.15) is 5.26 Å². The third-order valence-corrected chi connectivity index (χ3v) is 5.12. The average Bonchev–Trinajstić information content (AvgIpc) is 3.04. The minimum atomic E-state index is -0.360. The molecule has 1 unspecified atom stereocenters. The van der Waals surface area contributed by atoms with Crippen molar-refractivity contribution < 1.29 is 23.7 Å². The molecule has 0 radical (unpaired) electrons. The summed E-state index contributed by atoms with van der Waals surface area (Å²) in [6.45, 7) is 0.558. The van der Waals surface area contributed by atoms with Crippen LogP contribution < -0.4 is 14.2 Å². The normalized spacial score (nSPS) is 14.8. The quantitative estimate of drug-likeness (QED) is 0.488. The predicted molar refractivity (Wildman–Crippen MR) is 118 cm³/mol. The summed E-state index contributed by atoms with van der Waals surface area (Å²) >= 11 is 0. The topological polar surface area (TPSA) is 77.8 Å². The Morgan fingerprint density at radius 1 is 1.00 bits per heavy atom. The highest BCUT2D eigenvalue weighted by molar-refractivity contribution is 5.73. The molecule has 1 heterocycles. The van der Waals surface area contributed by atoms with Crippen LogP contribution >= 0.6 is 0 Å². The summed E-state index contributed by atoms with van der Waals surface area (Å²) in [4.78, 5) is 12.1. The zero-order chi connectivity index (χ0) is 22.2. The monoisotopic (exact) mass is 429 g/mol. The Bertz CT molecular complexity index is 1110. The van der Waals surface area contributed by atoms with Crippen molar-refractivity contribution in [2.45, 2.75) is 19.4 Å². The van der Waals surface area contributed by atoms with E-state index in [2.05, 4.69) is 0 Å². The van der Waals surface area contributed by atoms with Crippen LogP contribution in [0.1, 0.15) is 17.5 Å². The van der Waals surface area contributed by atoms with Crippen LogP contribution in [0.2, 0.25) is 0 Å². The van der Waals surface area contributed by atoms with E-state index in [1.165, 1.54) is 0 Å². The first kappa shape index (κ1) is 21.3. The molecule has 3 aromatic carbocycles. The van der Waals surface area contributed by atoms with Crippen LogP contribution in [-0.2, 0) is 22.6 Å². The fraction of sp³-hybridized carbons (Fsp3) is 0.231. The van der Waals surface area contributed by atoms with Gasteiger partial charge in [-0.1, -0.05) is 36.4 Å². The molecule has 1 atom stereocenters. The number of carbonyl (C=O) groups excluding carboxylic acids is 1. The van der Waals surface area contributed by atoms with Gasteiger partial charge in [0.15, 0.2) is 6.61 Å². The van der Waals surface area contributed by atoms with Gasteiger partial charge in [-0.3, -0.25) is 4.79 Å². The van der Waals surface area contributed by atoms with Crippen LogP contribution in [0.15, 0.2) is 72.8 Å². The molecule has 0 amide bonds. The number of fused-ring (bicyclic) bond motifs is 1. The van der Waals surface area contributed by atoms with Gasteiger partial charge in [-0.05, 0) is 54.3 Å². The summed E-state index contributed by atoms with van der Waals surface area (Å²) in [7, 11) is 0. The van der Waals surface area contributed by atoms with Crippen LogP contribution in [-0.4, -0.2) is 19.2 Å². The average molecular weight is 429 g/mol. The fourth-order valence-corrected chi connectivity index (χ4v) is 3.52. The van der Waals surface area contributed by atoms with Crippen molar-refractivity contribution in [2.24, 2.45) is 5.92 Å². The molecule has 0 bridgehead atoms. The summed E-state index contributed by atoms with van der Waals surface area (Å²) in [5, 5.41) is 8.60. The Hall–Kier alpha value is -3.98. The standard InChI is InChI=1S/C26H23NO5/c27-12-14-30-26(28)21-11-13-29-25-17-23(10-9-20(25)16-21)31-18-19-5-4-8-24(15-19)32-22-6-2-1-3-7-22/h1-10,15,17,21H,11,13-14,16,18H2. The lowest BCUT2D eigenvalue weighted by Gasteiger charge is -2.13. The van der Waals surface area contributed by atoms with Gasteiger partial charge in [0.05, 0.1) is 12.5 Å². The summed E-state index contributed by atoms with van der Waals surface area (Å²) in [6.07, 6.45) is 1.06. The maximum absolute atomic E-state index is 12.1. The van der Waals surface area contributed by atoms with Gasteiger partial charge in [0.1, 0.15) is 35.7 Å². The molecule has 1 aliphatic rings. The summed E-state index contributed by atoms with van der Waals surface area (Å²) < 4.78 is 22.7. The Kier molecular flexibility index (Phi) is 6.88. The second kappa shape index (κ2) is 10.4. The van der Waals surface area contributed by atoms with Crippen molar-refractivity contribution >= 4 is 5.97 Å². The van der Waals surface area contributed by atoms with E-state index in [-0.39, 0.29) is 18.5 Å². The number of ether oxygens (including phenoxy) is 4. The molecule has 0 saturated heterocycles. The molecule has 0 aliphatic carbocycles. The lowest BCUT2D eigenvalue weighted by Crippen LogP contribution is -2.20. The van der Waals surface area contributed by atoms with Gasteiger partial charge < -0.3 is 18.9 Å². The first-order valence-corrected chi connectivity index (χ1v) is 10.5. The Morgan fingerprint density at radius 2 is 1.84 bits per heavy atom. The first-order valence-electron chi connectivity index (χ1n) is 10.5. The van der Waals surface area contributed by atoms with Crippen molar-refractivity contribution in [2.75, 3.05) is 13.2 Å². The number of para-hydroxylation sites is 1. The second-order valence-corrected chi connectivity index (χ2v) is 7.42. The van der Waals surface area contributed by atoms with Crippen molar-refractivity contribution in [1.82, 2.24) is 0 Å². The highest BCUT2D eigenvalue weighted by atomic mass is 16.5. The molecular weight excluding hydrogens is 406 g/mol. The predicted octanol–water partition coefficient (Wildman–Crippen LogP) is 5.07. The molecule has 4 rings (SSSR count). The van der Waals surface area contributed by atoms with E-state index in [1.807, 2.05) is 78.9 Å². The minimum Gasteiger partial charge on any atom is -0.493 e. The van der Waals surface area contributed by atoms with Crippen LogP contribution in [0.4, 0.5) is 0 Å². The van der Waals surface area contributed by atoms with Crippen molar-refractivity contribution in [3.05, 3.63) is 83.9 Å². The maximum Gasteiger partial charge on any atom is 0.310 e. The number of nitriles is 1. The molecule has 162 valence electrons. The van der Waals surface area contributed by atoms with Gasteiger partial charge in [-0.25, -0.2) is 0 Å². The lowest BCUT2D eigenvalue weighted by atomic mass is 9.97. The van der Waals surface area contributed by atoms with E-state index in [0.717, 1.165) is 22.6 Å². The van der Waals surface area contributed by atoms with Gasteiger partial charge in [0.25, 0.3) is 0 Å². The number of carbonyl (C=O) groups is 1. The second-order valence-electron chi connectivity index (χ2n) is 7.42. The van der Waals surface area contributed by atoms with Gasteiger partial charge in [-0.15, -0.1) is 0 Å². The van der Waals surface area contributed by atoms with Crippen molar-refractivity contribution in [3.63, 3.8) is 0 Å².